The Morgan fingerprint density at radius 1 is 0.957 bits per heavy atom. The third-order valence-corrected chi connectivity index (χ3v) is 12.2. The SMILES string of the molecule is C=CC(=O)OCCOCC=C(P(=O)(CC)CC)P(=O)(CC)CC. The van der Waals surface area contributed by atoms with Gasteiger partial charge in [-0.15, -0.1) is 0 Å². The molecule has 0 aromatic heterocycles. The van der Waals surface area contributed by atoms with Crippen LogP contribution in [-0.2, 0) is 23.4 Å². The van der Waals surface area contributed by atoms with Crippen LogP contribution in [0, 0.1) is 0 Å². The molecule has 0 saturated heterocycles. The van der Waals surface area contributed by atoms with Crippen LogP contribution < -0.4 is 0 Å². The topological polar surface area (TPSA) is 69.7 Å². The smallest absolute Gasteiger partial charge is 0.330 e. The predicted octanol–water partition coefficient (Wildman–Crippen LogP) is 4.38. The van der Waals surface area contributed by atoms with E-state index < -0.39 is 20.3 Å². The van der Waals surface area contributed by atoms with Crippen molar-refractivity contribution >= 4 is 20.3 Å². The van der Waals surface area contributed by atoms with Crippen molar-refractivity contribution in [3.05, 3.63) is 23.8 Å². The van der Waals surface area contributed by atoms with Crippen LogP contribution in [0.25, 0.3) is 0 Å². The van der Waals surface area contributed by atoms with Gasteiger partial charge in [-0.25, -0.2) is 4.79 Å². The molecule has 0 spiro atoms. The summed E-state index contributed by atoms with van der Waals surface area (Å²) in [6.07, 6.45) is 4.87. The zero-order valence-electron chi connectivity index (χ0n) is 14.7. The fourth-order valence-corrected chi connectivity index (χ4v) is 9.60. The summed E-state index contributed by atoms with van der Waals surface area (Å²) in [7, 11) is -5.21. The van der Waals surface area contributed by atoms with Gasteiger partial charge in [0.2, 0.25) is 0 Å². The molecule has 0 heterocycles. The minimum Gasteiger partial charge on any atom is -0.460 e. The van der Waals surface area contributed by atoms with Gasteiger partial charge in [-0.05, 0) is 6.08 Å². The third kappa shape index (κ3) is 6.79. The van der Waals surface area contributed by atoms with Crippen LogP contribution in [0.5, 0.6) is 0 Å². The summed E-state index contributed by atoms with van der Waals surface area (Å²) in [4.78, 5) is 10.9. The largest absolute Gasteiger partial charge is 0.460 e. The molecule has 0 aromatic carbocycles. The van der Waals surface area contributed by atoms with Crippen LogP contribution in [0.4, 0.5) is 0 Å². The number of hydrogen-bond donors (Lipinski definition) is 0. The Hall–Kier alpha value is -0.630. The fourth-order valence-electron chi connectivity index (χ4n) is 2.24. The molecule has 0 amide bonds. The Morgan fingerprint density at radius 2 is 1.43 bits per heavy atom. The molecule has 0 unspecified atom stereocenters. The lowest BCUT2D eigenvalue weighted by molar-refractivity contribution is -0.139. The second kappa shape index (κ2) is 11.0. The standard InChI is InChI=1S/C16H30O5P2/c1-6-15(17)21-14-13-20-12-11-16(22(18,7-2)8-3)23(19,9-4)10-5/h6,11H,1,7-10,12-14H2,2-5H3. The van der Waals surface area contributed by atoms with E-state index in [1.807, 2.05) is 27.7 Å². The van der Waals surface area contributed by atoms with Gasteiger partial charge in [0, 0.05) is 35.8 Å². The molecule has 0 aromatic rings. The number of carbonyl (C=O) groups excluding carboxylic acids is 1. The Morgan fingerprint density at radius 3 is 1.83 bits per heavy atom. The van der Waals surface area contributed by atoms with Crippen LogP contribution >= 0.6 is 14.3 Å². The van der Waals surface area contributed by atoms with Gasteiger partial charge in [0.1, 0.15) is 20.9 Å². The molecular weight excluding hydrogens is 334 g/mol. The normalized spacial score (nSPS) is 11.8. The van der Waals surface area contributed by atoms with E-state index in [9.17, 15) is 13.9 Å². The highest BCUT2D eigenvalue weighted by molar-refractivity contribution is 7.87. The second-order valence-electron chi connectivity index (χ2n) is 5.05. The fraction of sp³-hybridized carbons (Fsp3) is 0.688. The maximum Gasteiger partial charge on any atom is 0.330 e. The first-order chi connectivity index (χ1) is 10.8. The molecule has 0 aliphatic rings. The molecule has 134 valence electrons. The van der Waals surface area contributed by atoms with Gasteiger partial charge in [0.15, 0.2) is 0 Å². The average Bonchev–Trinajstić information content (AvgIpc) is 2.59. The molecule has 0 rings (SSSR count). The van der Waals surface area contributed by atoms with Crippen molar-refractivity contribution in [3.63, 3.8) is 0 Å². The summed E-state index contributed by atoms with van der Waals surface area (Å²) in [5.41, 5.74) is 0. The summed E-state index contributed by atoms with van der Waals surface area (Å²) in [5.74, 6) is -0.493. The molecule has 0 aliphatic carbocycles. The quantitative estimate of drug-likeness (QED) is 0.222. The van der Waals surface area contributed by atoms with Crippen molar-refractivity contribution in [3.8, 4) is 0 Å². The van der Waals surface area contributed by atoms with Crippen LogP contribution in [0.15, 0.2) is 23.8 Å². The minimum atomic E-state index is -2.60. The lowest BCUT2D eigenvalue weighted by Crippen LogP contribution is -2.09. The summed E-state index contributed by atoms with van der Waals surface area (Å²) >= 11 is 0. The van der Waals surface area contributed by atoms with Gasteiger partial charge in [-0.3, -0.25) is 0 Å². The first kappa shape index (κ1) is 22.4. The monoisotopic (exact) mass is 364 g/mol. The van der Waals surface area contributed by atoms with Gasteiger partial charge in [0.05, 0.1) is 13.2 Å². The lowest BCUT2D eigenvalue weighted by atomic mass is 10.6. The highest BCUT2D eigenvalue weighted by Gasteiger charge is 2.35. The van der Waals surface area contributed by atoms with E-state index in [-0.39, 0.29) is 19.8 Å². The molecule has 0 saturated carbocycles. The van der Waals surface area contributed by atoms with E-state index in [0.29, 0.717) is 29.7 Å². The molecule has 0 fully saturated rings. The summed E-state index contributed by atoms with van der Waals surface area (Å²) in [5, 5.41) is 0.614. The average molecular weight is 364 g/mol. The number of ether oxygens (including phenoxy) is 2. The van der Waals surface area contributed by atoms with Gasteiger partial charge >= 0.3 is 5.97 Å². The van der Waals surface area contributed by atoms with Crippen molar-refractivity contribution in [2.75, 3.05) is 44.5 Å². The Balaban J connectivity index is 4.96. The maximum absolute atomic E-state index is 13.1. The second-order valence-corrected chi connectivity index (χ2v) is 12.5. The van der Waals surface area contributed by atoms with Crippen molar-refractivity contribution in [1.82, 2.24) is 0 Å². The molecule has 7 heteroatoms. The first-order valence-corrected chi connectivity index (χ1v) is 12.2. The maximum atomic E-state index is 13.1. The summed E-state index contributed by atoms with van der Waals surface area (Å²) < 4.78 is 36.4. The first-order valence-electron chi connectivity index (χ1n) is 8.07. The molecular formula is C16H30O5P2. The van der Waals surface area contributed by atoms with Crippen molar-refractivity contribution in [2.24, 2.45) is 0 Å². The lowest BCUT2D eigenvalue weighted by Gasteiger charge is -2.26. The molecule has 0 bridgehead atoms. The predicted molar refractivity (Wildman–Crippen MR) is 97.4 cm³/mol. The number of esters is 1. The third-order valence-electron chi connectivity index (χ3n) is 3.90. The Kier molecular flexibility index (Phi) is 10.7. The number of carbonyl (C=O) groups is 1. The van der Waals surface area contributed by atoms with Crippen molar-refractivity contribution in [2.45, 2.75) is 27.7 Å². The minimum absolute atomic E-state index is 0.131. The van der Waals surface area contributed by atoms with Gasteiger partial charge < -0.3 is 18.6 Å². The summed E-state index contributed by atoms with van der Waals surface area (Å²) in [6.45, 7) is 11.4. The zero-order chi connectivity index (χ0) is 17.9. The van der Waals surface area contributed by atoms with Gasteiger partial charge in [-0.1, -0.05) is 34.3 Å². The molecule has 0 aliphatic heterocycles. The van der Waals surface area contributed by atoms with E-state index in [0.717, 1.165) is 6.08 Å². The molecule has 23 heavy (non-hydrogen) atoms. The van der Waals surface area contributed by atoms with Crippen LogP contribution in [0.3, 0.4) is 0 Å². The molecule has 0 radical (unpaired) electrons. The summed E-state index contributed by atoms with van der Waals surface area (Å²) in [6, 6.07) is 0. The van der Waals surface area contributed by atoms with E-state index in [1.165, 1.54) is 0 Å². The highest BCUT2D eigenvalue weighted by Crippen LogP contribution is 2.71. The molecule has 0 atom stereocenters. The zero-order valence-corrected chi connectivity index (χ0v) is 16.5. The number of hydrogen-bond acceptors (Lipinski definition) is 5. The van der Waals surface area contributed by atoms with E-state index in [1.54, 1.807) is 6.08 Å². The van der Waals surface area contributed by atoms with E-state index in [2.05, 4.69) is 6.58 Å². The Bertz CT molecular complexity index is 467. The van der Waals surface area contributed by atoms with Gasteiger partial charge in [0.25, 0.3) is 0 Å². The Labute approximate surface area is 140 Å². The van der Waals surface area contributed by atoms with E-state index >= 15 is 0 Å². The van der Waals surface area contributed by atoms with E-state index in [4.69, 9.17) is 9.47 Å². The van der Waals surface area contributed by atoms with Gasteiger partial charge in [-0.2, -0.15) is 0 Å². The van der Waals surface area contributed by atoms with Crippen LogP contribution in [0.2, 0.25) is 0 Å². The van der Waals surface area contributed by atoms with Crippen LogP contribution in [-0.4, -0.2) is 50.4 Å². The molecule has 5 nitrogen and oxygen atoms in total. The van der Waals surface area contributed by atoms with Crippen LogP contribution in [0.1, 0.15) is 27.7 Å². The number of rotatable bonds is 12. The van der Waals surface area contributed by atoms with Crippen molar-refractivity contribution in [1.29, 1.82) is 0 Å². The van der Waals surface area contributed by atoms with Crippen molar-refractivity contribution < 1.29 is 23.4 Å². The molecule has 0 N–H and O–H groups in total. The highest BCUT2D eigenvalue weighted by atomic mass is 31.2.